The lowest BCUT2D eigenvalue weighted by Gasteiger charge is -2.29. The molecular weight excluding hydrogens is 706 g/mol. The molecule has 0 bridgehead atoms. The number of rotatable bonds is 22. The number of amides is 6. The van der Waals surface area contributed by atoms with Crippen molar-refractivity contribution in [2.75, 3.05) is 13.6 Å². The summed E-state index contributed by atoms with van der Waals surface area (Å²) in [5, 5.41) is 40.7. The first-order chi connectivity index (χ1) is 25.1. The van der Waals surface area contributed by atoms with E-state index in [0.29, 0.717) is 5.56 Å². The molecule has 0 aliphatic rings. The number of carboxylic acids is 2. The summed E-state index contributed by atoms with van der Waals surface area (Å²) in [6.45, 7) is 11.9. The third-order valence-corrected chi connectivity index (χ3v) is 8.47. The van der Waals surface area contributed by atoms with Crippen molar-refractivity contribution in [2.24, 2.45) is 23.5 Å². The normalized spacial score (nSPS) is 14.5. The molecule has 6 atom stereocenters. The molecule has 18 heteroatoms. The minimum atomic E-state index is -1.78. The van der Waals surface area contributed by atoms with Gasteiger partial charge in [0.15, 0.2) is 0 Å². The first-order valence-corrected chi connectivity index (χ1v) is 17.8. The van der Waals surface area contributed by atoms with Crippen LogP contribution in [-0.2, 0) is 44.8 Å². The Hall–Kier alpha value is -5.26. The molecule has 0 aliphatic heterocycles. The van der Waals surface area contributed by atoms with E-state index in [9.17, 15) is 53.7 Å². The molecule has 0 aliphatic carbocycles. The highest BCUT2D eigenvalue weighted by Crippen LogP contribution is 2.13. The largest absolute Gasteiger partial charge is 0.508 e. The predicted molar refractivity (Wildman–Crippen MR) is 196 cm³/mol. The number of aromatic hydroxyl groups is 1. The number of carbonyl (C=O) groups excluding carboxylic acids is 6. The second kappa shape index (κ2) is 22.1. The summed E-state index contributed by atoms with van der Waals surface area (Å²) in [6.07, 6.45) is -1.43. The van der Waals surface area contributed by atoms with Gasteiger partial charge in [0.05, 0.1) is 18.9 Å². The molecule has 0 aromatic heterocycles. The van der Waals surface area contributed by atoms with Crippen LogP contribution in [0.25, 0.3) is 0 Å². The fraction of sp³-hybridized carbons (Fsp3) is 0.611. The summed E-state index contributed by atoms with van der Waals surface area (Å²) in [6, 6.07) is -2.22. The highest BCUT2D eigenvalue weighted by Gasteiger charge is 2.36. The standard InChI is InChI=1S/C36H57N7O11/c1-9-43(8)27(45)16-24(32(49)38-25(17-28(46)47)33(50)40-26(36(53)54)14-18(2)3)39-34(51)29(19(4)5)42-35(52)30(20(6)7)41-31(48)23(37)15-21-10-12-22(44)13-11-21/h10-13,18-20,23-26,29-30,44H,9,14-17,37H2,1-8H3,(H,38,49)(H,39,51)(H,40,50)(H,41,48)(H,42,52)(H,46,47)(H,53,54)/t23-,24-,25-,26-,29-,30-/m0/s1. The van der Waals surface area contributed by atoms with Gasteiger partial charge in [0, 0.05) is 13.6 Å². The van der Waals surface area contributed by atoms with E-state index in [0.717, 1.165) is 0 Å². The van der Waals surface area contributed by atoms with Crippen molar-refractivity contribution in [2.45, 2.75) is 110 Å². The highest BCUT2D eigenvalue weighted by molar-refractivity contribution is 5.98. The van der Waals surface area contributed by atoms with Gasteiger partial charge in [-0.25, -0.2) is 4.79 Å². The summed E-state index contributed by atoms with van der Waals surface area (Å²) < 4.78 is 0. The number of aliphatic carboxylic acids is 2. The molecule has 0 spiro atoms. The number of phenols is 1. The summed E-state index contributed by atoms with van der Waals surface area (Å²) in [4.78, 5) is 105. The molecule has 18 nitrogen and oxygen atoms in total. The molecule has 1 rings (SSSR count). The van der Waals surface area contributed by atoms with Crippen LogP contribution in [0.4, 0.5) is 0 Å². The molecular formula is C36H57N7O11. The minimum Gasteiger partial charge on any atom is -0.508 e. The van der Waals surface area contributed by atoms with E-state index in [4.69, 9.17) is 5.73 Å². The second-order valence-corrected chi connectivity index (χ2v) is 14.3. The Morgan fingerprint density at radius 1 is 0.667 bits per heavy atom. The van der Waals surface area contributed by atoms with Crippen LogP contribution >= 0.6 is 0 Å². The highest BCUT2D eigenvalue weighted by atomic mass is 16.4. The Balaban J connectivity index is 3.28. The lowest BCUT2D eigenvalue weighted by molar-refractivity contribution is -0.144. The van der Waals surface area contributed by atoms with Crippen LogP contribution in [-0.4, -0.2) is 117 Å². The Kier molecular flexibility index (Phi) is 19.1. The number of nitrogens with one attached hydrogen (secondary N) is 5. The lowest BCUT2D eigenvalue weighted by atomic mass is 9.98. The van der Waals surface area contributed by atoms with Crippen molar-refractivity contribution >= 4 is 47.4 Å². The van der Waals surface area contributed by atoms with E-state index in [-0.39, 0.29) is 31.1 Å². The second-order valence-electron chi connectivity index (χ2n) is 14.3. The molecule has 1 aromatic rings. The zero-order valence-corrected chi connectivity index (χ0v) is 32.2. The van der Waals surface area contributed by atoms with E-state index >= 15 is 0 Å². The Morgan fingerprint density at radius 2 is 1.11 bits per heavy atom. The zero-order valence-electron chi connectivity index (χ0n) is 32.2. The van der Waals surface area contributed by atoms with Gasteiger partial charge in [0.25, 0.3) is 0 Å². The fourth-order valence-electron chi connectivity index (χ4n) is 5.15. The molecule has 0 unspecified atom stereocenters. The molecule has 54 heavy (non-hydrogen) atoms. The van der Waals surface area contributed by atoms with Crippen molar-refractivity contribution in [1.29, 1.82) is 0 Å². The number of hydrogen-bond acceptors (Lipinski definition) is 10. The van der Waals surface area contributed by atoms with Gasteiger partial charge in [-0.2, -0.15) is 0 Å². The molecule has 10 N–H and O–H groups in total. The van der Waals surface area contributed by atoms with E-state index < -0.39 is 108 Å². The molecule has 0 saturated carbocycles. The van der Waals surface area contributed by atoms with Crippen molar-refractivity contribution in [3.8, 4) is 5.75 Å². The fourth-order valence-corrected chi connectivity index (χ4v) is 5.15. The SMILES string of the molecule is CCN(C)C(=O)C[C@H](NC(=O)[C@@H](NC(=O)[C@@H](NC(=O)[C@@H](N)Cc1ccc(O)cc1)C(C)C)C(C)C)C(=O)N[C@@H](CC(=O)O)C(=O)N[C@@H](CC(C)C)C(=O)O. The maximum atomic E-state index is 13.7. The third kappa shape index (κ3) is 15.8. The Morgan fingerprint density at radius 3 is 1.56 bits per heavy atom. The number of carbonyl (C=O) groups is 8. The Labute approximate surface area is 315 Å². The number of benzene rings is 1. The summed E-state index contributed by atoms with van der Waals surface area (Å²) in [7, 11) is 1.45. The average molecular weight is 764 g/mol. The summed E-state index contributed by atoms with van der Waals surface area (Å²) in [5.41, 5.74) is 6.77. The topological polar surface area (TPSA) is 287 Å². The molecule has 302 valence electrons. The van der Waals surface area contributed by atoms with E-state index in [1.54, 1.807) is 60.6 Å². The molecule has 6 amide bonds. The van der Waals surface area contributed by atoms with Crippen LogP contribution in [0.1, 0.15) is 73.3 Å². The first kappa shape index (κ1) is 46.8. The van der Waals surface area contributed by atoms with Gasteiger partial charge in [0.2, 0.25) is 35.4 Å². The van der Waals surface area contributed by atoms with Crippen molar-refractivity contribution in [3.63, 3.8) is 0 Å². The van der Waals surface area contributed by atoms with Gasteiger partial charge in [-0.3, -0.25) is 33.6 Å². The number of carboxylic acid groups (broad SMARTS) is 2. The van der Waals surface area contributed by atoms with Gasteiger partial charge in [-0.05, 0) is 55.2 Å². The van der Waals surface area contributed by atoms with Crippen LogP contribution in [0.2, 0.25) is 0 Å². The molecule has 1 aromatic carbocycles. The quantitative estimate of drug-likeness (QED) is 0.0721. The van der Waals surface area contributed by atoms with Gasteiger partial charge in [0.1, 0.15) is 36.0 Å². The van der Waals surface area contributed by atoms with Gasteiger partial charge in [-0.15, -0.1) is 0 Å². The van der Waals surface area contributed by atoms with Crippen LogP contribution in [0.15, 0.2) is 24.3 Å². The zero-order chi connectivity index (χ0) is 41.4. The van der Waals surface area contributed by atoms with Crippen molar-refractivity contribution in [1.82, 2.24) is 31.5 Å². The number of nitrogens with zero attached hydrogens (tertiary/aromatic N) is 1. The van der Waals surface area contributed by atoms with Gasteiger partial charge < -0.3 is 52.5 Å². The maximum Gasteiger partial charge on any atom is 0.326 e. The number of phenolic OH excluding ortho intramolecular Hbond substituents is 1. The van der Waals surface area contributed by atoms with Crippen molar-refractivity contribution in [3.05, 3.63) is 29.8 Å². The Bertz CT molecular complexity index is 1480. The lowest BCUT2D eigenvalue weighted by Crippen LogP contribution is -2.61. The van der Waals surface area contributed by atoms with Crippen molar-refractivity contribution < 1.29 is 53.7 Å². The van der Waals surface area contributed by atoms with Crippen LogP contribution in [0.3, 0.4) is 0 Å². The molecule has 0 fully saturated rings. The van der Waals surface area contributed by atoms with Gasteiger partial charge in [-0.1, -0.05) is 53.7 Å². The van der Waals surface area contributed by atoms with E-state index in [1.807, 2.05) is 0 Å². The number of hydrogen-bond donors (Lipinski definition) is 9. The molecule has 0 saturated heterocycles. The van der Waals surface area contributed by atoms with Crippen LogP contribution < -0.4 is 32.3 Å². The minimum absolute atomic E-state index is 0.0155. The van der Waals surface area contributed by atoms with Crippen LogP contribution in [0, 0.1) is 17.8 Å². The van der Waals surface area contributed by atoms with Gasteiger partial charge >= 0.3 is 11.9 Å². The summed E-state index contributed by atoms with van der Waals surface area (Å²) >= 11 is 0. The van der Waals surface area contributed by atoms with Crippen LogP contribution in [0.5, 0.6) is 5.75 Å². The molecule has 0 radical (unpaired) electrons. The average Bonchev–Trinajstić information content (AvgIpc) is 3.07. The number of nitrogens with two attached hydrogens (primary N) is 1. The predicted octanol–water partition coefficient (Wildman–Crippen LogP) is -0.528. The van der Waals surface area contributed by atoms with E-state index in [2.05, 4.69) is 26.6 Å². The molecule has 0 heterocycles. The van der Waals surface area contributed by atoms with E-state index in [1.165, 1.54) is 24.1 Å². The maximum absolute atomic E-state index is 13.7. The first-order valence-electron chi connectivity index (χ1n) is 17.8. The summed E-state index contributed by atoms with van der Waals surface area (Å²) in [5.74, 6) is -9.11. The monoisotopic (exact) mass is 763 g/mol. The third-order valence-electron chi connectivity index (χ3n) is 8.47. The smallest absolute Gasteiger partial charge is 0.326 e.